The Morgan fingerprint density at radius 1 is 1.56 bits per heavy atom. The van der Waals surface area contributed by atoms with E-state index in [9.17, 15) is 8.42 Å². The fourth-order valence-corrected chi connectivity index (χ4v) is 1.62. The first-order valence-corrected chi connectivity index (χ1v) is 6.18. The molecule has 7 heteroatoms. The molecule has 6 nitrogen and oxygen atoms in total. The van der Waals surface area contributed by atoms with Crippen LogP contribution in [0.4, 0.5) is 11.4 Å². The van der Waals surface area contributed by atoms with E-state index in [1.54, 1.807) is 12.1 Å². The number of nitrogens with one attached hydrogen (secondary N) is 1. The Morgan fingerprint density at radius 2 is 2.25 bits per heavy atom. The van der Waals surface area contributed by atoms with E-state index >= 15 is 0 Å². The number of benzene rings is 1. The van der Waals surface area contributed by atoms with Gasteiger partial charge in [0.25, 0.3) is 0 Å². The average molecular weight is 241 g/mol. The maximum atomic E-state index is 11.1. The van der Waals surface area contributed by atoms with Crippen LogP contribution < -0.4 is 15.2 Å². The van der Waals surface area contributed by atoms with Crippen molar-refractivity contribution in [1.82, 2.24) is 0 Å². The summed E-state index contributed by atoms with van der Waals surface area (Å²) in [5.74, 6) is 0.265. The quantitative estimate of drug-likeness (QED) is 0.748. The third-order valence-corrected chi connectivity index (χ3v) is 2.18. The van der Waals surface area contributed by atoms with Gasteiger partial charge in [-0.05, 0) is 18.2 Å². The maximum absolute atomic E-state index is 11.1. The fourth-order valence-electron chi connectivity index (χ4n) is 1.06. The van der Waals surface area contributed by atoms with Crippen molar-refractivity contribution in [1.29, 1.82) is 5.26 Å². The smallest absolute Gasteiger partial charge is 0.229 e. The molecule has 0 saturated carbocycles. The molecular weight excluding hydrogens is 230 g/mol. The Balaban J connectivity index is 3.04. The topological polar surface area (TPSA) is 105 Å². The van der Waals surface area contributed by atoms with Crippen LogP contribution in [0.2, 0.25) is 0 Å². The largest absolute Gasteiger partial charge is 0.477 e. The molecule has 0 aliphatic carbocycles. The third-order valence-electron chi connectivity index (χ3n) is 1.59. The van der Waals surface area contributed by atoms with Crippen LogP contribution >= 0.6 is 0 Å². The number of nitrogen functional groups attached to an aromatic ring is 1. The van der Waals surface area contributed by atoms with Gasteiger partial charge in [-0.1, -0.05) is 0 Å². The van der Waals surface area contributed by atoms with Crippen LogP contribution in [0.3, 0.4) is 0 Å². The number of nitrogens with zero attached hydrogens (tertiary/aromatic N) is 1. The molecule has 86 valence electrons. The van der Waals surface area contributed by atoms with E-state index < -0.39 is 10.0 Å². The Labute approximate surface area is 93.7 Å². The molecule has 1 aromatic carbocycles. The van der Waals surface area contributed by atoms with Gasteiger partial charge in [0, 0.05) is 5.69 Å². The Kier molecular flexibility index (Phi) is 3.58. The van der Waals surface area contributed by atoms with Gasteiger partial charge in [0.05, 0.1) is 11.9 Å². The highest BCUT2D eigenvalue weighted by molar-refractivity contribution is 7.92. The second-order valence-corrected chi connectivity index (χ2v) is 4.83. The van der Waals surface area contributed by atoms with E-state index in [4.69, 9.17) is 15.7 Å². The molecule has 3 N–H and O–H groups in total. The van der Waals surface area contributed by atoms with Crippen molar-refractivity contribution in [2.24, 2.45) is 0 Å². The summed E-state index contributed by atoms with van der Waals surface area (Å²) in [6.07, 6.45) is 1.02. The third kappa shape index (κ3) is 3.67. The van der Waals surface area contributed by atoms with Gasteiger partial charge < -0.3 is 10.5 Å². The summed E-state index contributed by atoms with van der Waals surface area (Å²) in [5.41, 5.74) is 6.14. The molecule has 1 rings (SSSR count). The normalized spacial score (nSPS) is 10.5. The number of sulfonamides is 1. The first kappa shape index (κ1) is 12.1. The van der Waals surface area contributed by atoms with Gasteiger partial charge in [-0.3, -0.25) is 4.72 Å². The van der Waals surface area contributed by atoms with E-state index in [1.807, 2.05) is 0 Å². The Hall–Kier alpha value is -1.94. The Morgan fingerprint density at radius 3 is 2.81 bits per heavy atom. The summed E-state index contributed by atoms with van der Waals surface area (Å²) >= 11 is 0. The molecule has 0 saturated heterocycles. The molecule has 0 unspecified atom stereocenters. The van der Waals surface area contributed by atoms with Crippen LogP contribution in [0.15, 0.2) is 18.2 Å². The lowest BCUT2D eigenvalue weighted by molar-refractivity contribution is 0.370. The number of hydrogen-bond donors (Lipinski definition) is 2. The molecule has 0 spiro atoms. The van der Waals surface area contributed by atoms with Crippen molar-refractivity contribution in [2.75, 3.05) is 23.3 Å². The molecule has 0 bridgehead atoms. The number of hydrogen-bond acceptors (Lipinski definition) is 5. The number of anilines is 2. The Bertz CT molecular complexity index is 519. The lowest BCUT2D eigenvalue weighted by Gasteiger charge is -2.10. The number of rotatable bonds is 4. The number of ether oxygens (including phenoxy) is 1. The molecule has 0 atom stereocenters. The highest BCUT2D eigenvalue weighted by Crippen LogP contribution is 2.27. The minimum absolute atomic E-state index is 0.164. The predicted molar refractivity (Wildman–Crippen MR) is 60.4 cm³/mol. The maximum Gasteiger partial charge on any atom is 0.229 e. The summed E-state index contributed by atoms with van der Waals surface area (Å²) in [4.78, 5) is 0. The van der Waals surface area contributed by atoms with Gasteiger partial charge in [0.1, 0.15) is 11.8 Å². The van der Waals surface area contributed by atoms with Crippen molar-refractivity contribution in [2.45, 2.75) is 0 Å². The van der Waals surface area contributed by atoms with Gasteiger partial charge in [-0.2, -0.15) is 5.26 Å². The SMILES string of the molecule is CS(=O)(=O)Nc1cc(N)ccc1OCC#N. The monoisotopic (exact) mass is 241 g/mol. The number of nitrogens with two attached hydrogens (primary N) is 1. The lowest BCUT2D eigenvalue weighted by Crippen LogP contribution is -2.11. The van der Waals surface area contributed by atoms with Crippen molar-refractivity contribution in [3.63, 3.8) is 0 Å². The molecule has 0 aromatic heterocycles. The fraction of sp³-hybridized carbons (Fsp3) is 0.222. The van der Waals surface area contributed by atoms with Crippen molar-refractivity contribution in [3.8, 4) is 11.8 Å². The highest BCUT2D eigenvalue weighted by atomic mass is 32.2. The molecule has 0 fully saturated rings. The van der Waals surface area contributed by atoms with E-state index in [-0.39, 0.29) is 18.0 Å². The summed E-state index contributed by atoms with van der Waals surface area (Å²) in [6, 6.07) is 6.27. The van der Waals surface area contributed by atoms with Crippen molar-refractivity contribution >= 4 is 21.4 Å². The molecule has 16 heavy (non-hydrogen) atoms. The van der Waals surface area contributed by atoms with Gasteiger partial charge in [-0.15, -0.1) is 0 Å². The van der Waals surface area contributed by atoms with Gasteiger partial charge in [0.2, 0.25) is 10.0 Å². The minimum atomic E-state index is -3.41. The lowest BCUT2D eigenvalue weighted by atomic mass is 10.2. The van der Waals surface area contributed by atoms with Crippen molar-refractivity contribution < 1.29 is 13.2 Å². The first-order chi connectivity index (χ1) is 7.42. The van der Waals surface area contributed by atoms with Gasteiger partial charge in [0.15, 0.2) is 6.61 Å². The van der Waals surface area contributed by atoms with E-state index in [0.29, 0.717) is 5.69 Å². The molecule has 0 radical (unpaired) electrons. The van der Waals surface area contributed by atoms with Crippen LogP contribution in [0.5, 0.6) is 5.75 Å². The zero-order valence-corrected chi connectivity index (χ0v) is 9.41. The van der Waals surface area contributed by atoms with Crippen molar-refractivity contribution in [3.05, 3.63) is 18.2 Å². The van der Waals surface area contributed by atoms with Crippen LogP contribution in [0.1, 0.15) is 0 Å². The molecule has 0 aliphatic rings. The van der Waals surface area contributed by atoms with Crippen LogP contribution in [-0.4, -0.2) is 21.3 Å². The average Bonchev–Trinajstić information content (AvgIpc) is 2.14. The van der Waals surface area contributed by atoms with E-state index in [1.165, 1.54) is 12.1 Å². The van der Waals surface area contributed by atoms with Gasteiger partial charge in [-0.25, -0.2) is 8.42 Å². The predicted octanol–water partition coefficient (Wildman–Crippen LogP) is 0.543. The minimum Gasteiger partial charge on any atom is -0.477 e. The summed E-state index contributed by atoms with van der Waals surface area (Å²) < 4.78 is 29.4. The first-order valence-electron chi connectivity index (χ1n) is 4.29. The summed E-state index contributed by atoms with van der Waals surface area (Å²) in [7, 11) is -3.41. The molecule has 1 aromatic rings. The molecule has 0 aliphatic heterocycles. The molecule has 0 heterocycles. The second-order valence-electron chi connectivity index (χ2n) is 3.08. The standard InChI is InChI=1S/C9H11N3O3S/c1-16(13,14)12-8-6-7(11)2-3-9(8)15-5-4-10/h2-3,6,12H,5,11H2,1H3. The summed E-state index contributed by atoms with van der Waals surface area (Å²) in [5, 5.41) is 8.37. The molecular formula is C9H11N3O3S. The van der Waals surface area contributed by atoms with Crippen LogP contribution in [-0.2, 0) is 10.0 Å². The number of nitriles is 1. The molecule has 0 amide bonds. The van der Waals surface area contributed by atoms with Crippen LogP contribution in [0, 0.1) is 11.3 Å². The van der Waals surface area contributed by atoms with E-state index in [2.05, 4.69) is 4.72 Å². The zero-order chi connectivity index (χ0) is 12.2. The summed E-state index contributed by atoms with van der Waals surface area (Å²) in [6.45, 7) is -0.164. The van der Waals surface area contributed by atoms with Gasteiger partial charge >= 0.3 is 0 Å². The van der Waals surface area contributed by atoms with E-state index in [0.717, 1.165) is 6.26 Å². The van der Waals surface area contributed by atoms with Crippen LogP contribution in [0.25, 0.3) is 0 Å². The zero-order valence-electron chi connectivity index (χ0n) is 8.60. The highest BCUT2D eigenvalue weighted by Gasteiger charge is 2.08. The second kappa shape index (κ2) is 4.72.